The molecule has 13 heteroatoms. The Morgan fingerprint density at radius 1 is 1.11 bits per heavy atom. The summed E-state index contributed by atoms with van der Waals surface area (Å²) in [7, 11) is -2.89. The number of hydrogen-bond acceptors (Lipinski definition) is 10. The predicted octanol–water partition coefficient (Wildman–Crippen LogP) is 6.02. The number of amides is 1. The summed E-state index contributed by atoms with van der Waals surface area (Å²) in [6, 6.07) is 17.3. The summed E-state index contributed by atoms with van der Waals surface area (Å²) in [5.41, 5.74) is 0.0262. The number of likely N-dealkylation sites (N-methyl/N-ethyl adjacent to an activating group) is 1. The van der Waals surface area contributed by atoms with Crippen molar-refractivity contribution in [3.63, 3.8) is 0 Å². The molecule has 1 amide bonds. The number of nitrogens with zero attached hydrogens (tertiary/aromatic N) is 2. The van der Waals surface area contributed by atoms with E-state index in [0.29, 0.717) is 27.8 Å². The number of nitrogens with one attached hydrogen (secondary N) is 1. The number of thiazole rings is 1. The molecule has 0 atom stereocenters. The van der Waals surface area contributed by atoms with Gasteiger partial charge in [-0.15, -0.1) is 22.7 Å². The fraction of sp³-hybridized carbons (Fsp3) is 0.0400. The van der Waals surface area contributed by atoms with E-state index < -0.39 is 27.4 Å². The molecule has 0 radical (unpaired) electrons. The number of fused-ring (bicyclic) bond motifs is 1. The maximum atomic E-state index is 13.2. The smallest absolute Gasteiger partial charge is 0.290 e. The normalized spacial score (nSPS) is 14.4. The van der Waals surface area contributed by atoms with Gasteiger partial charge in [-0.1, -0.05) is 18.2 Å². The van der Waals surface area contributed by atoms with E-state index in [1.165, 1.54) is 19.4 Å². The maximum Gasteiger partial charge on any atom is 0.290 e. The molecule has 0 aliphatic carbocycles. The first kappa shape index (κ1) is 24.0. The number of aliphatic hydroxyl groups excluding tert-OH is 1. The van der Waals surface area contributed by atoms with Gasteiger partial charge in [-0.3, -0.25) is 14.4 Å². The van der Waals surface area contributed by atoms with Crippen molar-refractivity contribution in [2.24, 2.45) is 0 Å². The summed E-state index contributed by atoms with van der Waals surface area (Å²) in [6.07, 6.45) is 1.46. The Labute approximate surface area is 224 Å². The number of rotatable bonds is 6. The van der Waals surface area contributed by atoms with Crippen molar-refractivity contribution < 1.29 is 31.9 Å². The van der Waals surface area contributed by atoms with Crippen LogP contribution in [-0.2, 0) is 14.8 Å². The monoisotopic (exact) mass is 567 g/mol. The lowest BCUT2D eigenvalue weighted by Crippen LogP contribution is -2.36. The Bertz CT molecular complexity index is 1780. The zero-order valence-electron chi connectivity index (χ0n) is 19.4. The third kappa shape index (κ3) is 4.16. The number of carbonyl (C=O) groups excluding carboxylic acids is 1. The molecule has 1 aromatic carbocycles. The lowest BCUT2D eigenvalue weighted by Gasteiger charge is -2.26. The van der Waals surface area contributed by atoms with Crippen LogP contribution in [0.2, 0.25) is 0 Å². The highest BCUT2D eigenvalue weighted by molar-refractivity contribution is 7.89. The summed E-state index contributed by atoms with van der Waals surface area (Å²) in [5.74, 6) is 0.468. The number of aliphatic hydroxyl groups is 1. The molecular weight excluding hydrogens is 550 g/mol. The molecule has 6 rings (SSSR count). The molecule has 4 aromatic heterocycles. The molecule has 0 spiro atoms. The zero-order chi connectivity index (χ0) is 26.4. The highest BCUT2D eigenvalue weighted by atomic mass is 32.2. The first-order valence-electron chi connectivity index (χ1n) is 11.0. The van der Waals surface area contributed by atoms with E-state index in [2.05, 4.69) is 10.3 Å². The highest BCUT2D eigenvalue weighted by Gasteiger charge is 2.40. The summed E-state index contributed by atoms with van der Waals surface area (Å²) >= 11 is 2.13. The van der Waals surface area contributed by atoms with Gasteiger partial charge in [0.2, 0.25) is 0 Å². The average molecular weight is 568 g/mol. The Morgan fingerprint density at radius 3 is 2.68 bits per heavy atom. The minimum Gasteiger partial charge on any atom is -0.504 e. The van der Waals surface area contributed by atoms with Crippen LogP contribution >= 0.6 is 22.7 Å². The molecule has 0 unspecified atom stereocenters. The Hall–Kier alpha value is -4.33. The average Bonchev–Trinajstić information content (AvgIpc) is 3.70. The van der Waals surface area contributed by atoms with Gasteiger partial charge < -0.3 is 18.7 Å². The van der Waals surface area contributed by atoms with Gasteiger partial charge in [0, 0.05) is 18.5 Å². The van der Waals surface area contributed by atoms with E-state index >= 15 is 0 Å². The summed E-state index contributed by atoms with van der Waals surface area (Å²) in [4.78, 5) is 18.0. The van der Waals surface area contributed by atoms with Crippen molar-refractivity contribution in [3.8, 4) is 33.8 Å². The molecule has 192 valence electrons. The molecule has 0 saturated carbocycles. The molecule has 0 saturated heterocycles. The first-order chi connectivity index (χ1) is 18.3. The second kappa shape index (κ2) is 9.20. The van der Waals surface area contributed by atoms with E-state index in [1.807, 2.05) is 18.2 Å². The van der Waals surface area contributed by atoms with Crippen molar-refractivity contribution in [2.45, 2.75) is 4.90 Å². The van der Waals surface area contributed by atoms with Gasteiger partial charge >= 0.3 is 0 Å². The summed E-state index contributed by atoms with van der Waals surface area (Å²) in [6.45, 7) is 0. The van der Waals surface area contributed by atoms with Crippen LogP contribution < -0.4 is 10.1 Å². The molecule has 10 nitrogen and oxygen atoms in total. The van der Waals surface area contributed by atoms with Crippen molar-refractivity contribution in [2.75, 3.05) is 12.4 Å². The molecule has 5 aromatic rings. The molecule has 5 heterocycles. The largest absolute Gasteiger partial charge is 0.504 e. The van der Waals surface area contributed by atoms with Crippen LogP contribution in [0.5, 0.6) is 11.7 Å². The Morgan fingerprint density at radius 2 is 1.92 bits per heavy atom. The van der Waals surface area contributed by atoms with Crippen molar-refractivity contribution in [3.05, 3.63) is 82.9 Å². The molecule has 2 N–H and O–H groups in total. The SMILES string of the molecule is CN1C(C(=O)Nc2nc(-c3ccc(Oc4ccccc4)o3)cs2)=C(O)c2sc(-c3ccco3)cc2S1(=O)=O. The number of furan rings is 2. The quantitative estimate of drug-likeness (QED) is 0.254. The van der Waals surface area contributed by atoms with Gasteiger partial charge in [-0.05, 0) is 36.4 Å². The van der Waals surface area contributed by atoms with Gasteiger partial charge in [0.05, 0.1) is 16.0 Å². The lowest BCUT2D eigenvalue weighted by atomic mass is 10.2. The number of aromatic nitrogens is 1. The highest BCUT2D eigenvalue weighted by Crippen LogP contribution is 2.43. The van der Waals surface area contributed by atoms with E-state index in [0.717, 1.165) is 27.0 Å². The van der Waals surface area contributed by atoms with Crippen LogP contribution in [0.1, 0.15) is 4.88 Å². The standard InChI is InChI=1S/C25H17N3O7S3/c1-28-21(22(29)23-19(38(28,31)32)12-18(37-23)17-8-5-11-33-17)24(30)27-25-26-15(13-36-25)16-9-10-20(35-16)34-14-6-3-2-4-7-14/h2-13,29H,1H3,(H,26,27,30). The topological polar surface area (TPSA) is 135 Å². The molecular formula is C25H17N3O7S3. The second-order valence-corrected chi connectivity index (χ2v) is 11.8. The number of thiophene rings is 1. The third-order valence-electron chi connectivity index (χ3n) is 5.59. The van der Waals surface area contributed by atoms with Gasteiger partial charge in [0.25, 0.3) is 21.9 Å². The number of benzene rings is 1. The minimum absolute atomic E-state index is 0.0565. The van der Waals surface area contributed by atoms with E-state index in [9.17, 15) is 18.3 Å². The number of ether oxygens (including phenoxy) is 1. The second-order valence-electron chi connectivity index (χ2n) is 7.98. The minimum atomic E-state index is -4.09. The van der Waals surface area contributed by atoms with Crippen molar-refractivity contribution >= 4 is 49.5 Å². The molecule has 1 aliphatic rings. The van der Waals surface area contributed by atoms with E-state index in [-0.39, 0.29) is 20.9 Å². The van der Waals surface area contributed by atoms with Crippen LogP contribution in [0.3, 0.4) is 0 Å². The summed E-state index contributed by atoms with van der Waals surface area (Å²) < 4.78 is 43.8. The number of anilines is 1. The van der Waals surface area contributed by atoms with Crippen LogP contribution in [0.25, 0.3) is 27.9 Å². The molecule has 38 heavy (non-hydrogen) atoms. The number of para-hydroxylation sites is 1. The molecule has 1 aliphatic heterocycles. The third-order valence-corrected chi connectivity index (χ3v) is 9.41. The van der Waals surface area contributed by atoms with Crippen LogP contribution in [0.15, 0.2) is 91.7 Å². The van der Waals surface area contributed by atoms with Crippen LogP contribution in [0.4, 0.5) is 5.13 Å². The van der Waals surface area contributed by atoms with Gasteiger partial charge in [-0.25, -0.2) is 13.4 Å². The van der Waals surface area contributed by atoms with Gasteiger partial charge in [0.15, 0.2) is 22.3 Å². The number of sulfonamides is 1. The first-order valence-corrected chi connectivity index (χ1v) is 14.1. The Kier molecular flexibility index (Phi) is 5.82. The van der Waals surface area contributed by atoms with Crippen LogP contribution in [-0.4, -0.2) is 35.8 Å². The summed E-state index contributed by atoms with van der Waals surface area (Å²) in [5, 5.41) is 15.4. The zero-order valence-corrected chi connectivity index (χ0v) is 21.9. The molecule has 0 fully saturated rings. The van der Waals surface area contributed by atoms with Gasteiger partial charge in [0.1, 0.15) is 22.1 Å². The van der Waals surface area contributed by atoms with E-state index in [4.69, 9.17) is 13.6 Å². The van der Waals surface area contributed by atoms with E-state index in [1.54, 1.807) is 41.8 Å². The van der Waals surface area contributed by atoms with Crippen molar-refractivity contribution in [1.82, 2.24) is 9.29 Å². The fourth-order valence-corrected chi connectivity index (χ4v) is 7.24. The fourth-order valence-electron chi connectivity index (χ4n) is 3.76. The van der Waals surface area contributed by atoms with Crippen LogP contribution in [0, 0.1) is 0 Å². The lowest BCUT2D eigenvalue weighted by molar-refractivity contribution is -0.113. The van der Waals surface area contributed by atoms with Gasteiger partial charge in [-0.2, -0.15) is 0 Å². The predicted molar refractivity (Wildman–Crippen MR) is 141 cm³/mol. The molecule has 0 bridgehead atoms. The maximum absolute atomic E-state index is 13.2. The van der Waals surface area contributed by atoms with Crippen molar-refractivity contribution in [1.29, 1.82) is 0 Å². The Balaban J connectivity index is 1.25. The number of carbonyl (C=O) groups is 1. The number of hydrogen-bond donors (Lipinski definition) is 2.